The number of carbonyl (C=O) groups excluding carboxylic acids is 1. The van der Waals surface area contributed by atoms with Gasteiger partial charge in [0, 0.05) is 49.3 Å². The smallest absolute Gasteiger partial charge is 0.330 e. The monoisotopic (exact) mass is 393 g/mol. The van der Waals surface area contributed by atoms with Gasteiger partial charge in [-0.15, -0.1) is 0 Å². The third kappa shape index (κ3) is 3.29. The van der Waals surface area contributed by atoms with Gasteiger partial charge in [-0.05, 0) is 44.9 Å². The molecule has 29 heavy (non-hydrogen) atoms. The molecule has 5 rings (SSSR count). The summed E-state index contributed by atoms with van der Waals surface area (Å²) in [6.07, 6.45) is 9.82. The fourth-order valence-electron chi connectivity index (χ4n) is 4.63. The molecule has 0 saturated carbocycles. The van der Waals surface area contributed by atoms with Crippen molar-refractivity contribution in [1.82, 2.24) is 15.2 Å². The van der Waals surface area contributed by atoms with Crippen LogP contribution >= 0.6 is 0 Å². The van der Waals surface area contributed by atoms with Crippen molar-refractivity contribution < 1.29 is 9.21 Å². The summed E-state index contributed by atoms with van der Waals surface area (Å²) in [5, 5.41) is 4.54. The lowest BCUT2D eigenvalue weighted by Gasteiger charge is -2.37. The zero-order chi connectivity index (χ0) is 20.0. The number of hydrogen-bond donors (Lipinski definition) is 1. The second-order valence-corrected chi connectivity index (χ2v) is 8.23. The van der Waals surface area contributed by atoms with Crippen molar-refractivity contribution in [2.45, 2.75) is 38.8 Å². The molecule has 2 fully saturated rings. The zero-order valence-corrected chi connectivity index (χ0v) is 17.0. The number of amides is 2. The highest BCUT2D eigenvalue weighted by Crippen LogP contribution is 2.33. The minimum atomic E-state index is 0.00916. The summed E-state index contributed by atoms with van der Waals surface area (Å²) in [6, 6.07) is 4.66. The Morgan fingerprint density at radius 1 is 1.17 bits per heavy atom. The Balaban J connectivity index is 1.49. The molecule has 0 bridgehead atoms. The number of aromatic nitrogens is 1. The number of piperazine rings is 1. The highest BCUT2D eigenvalue weighted by Gasteiger charge is 2.34. The van der Waals surface area contributed by atoms with E-state index in [0.29, 0.717) is 31.0 Å². The van der Waals surface area contributed by atoms with E-state index in [1.54, 1.807) is 11.2 Å². The first kappa shape index (κ1) is 18.2. The first-order valence-corrected chi connectivity index (χ1v) is 10.4. The molecule has 2 aromatic heterocycles. The summed E-state index contributed by atoms with van der Waals surface area (Å²) < 4.78 is 5.78. The number of nitrogens with one attached hydrogen (secondary N) is 1. The molecule has 7 nitrogen and oxygen atoms in total. The lowest BCUT2D eigenvalue weighted by Crippen LogP contribution is -2.54. The van der Waals surface area contributed by atoms with Crippen LogP contribution < -0.4 is 15.1 Å². The summed E-state index contributed by atoms with van der Waals surface area (Å²) in [5.41, 5.74) is 1.88. The maximum absolute atomic E-state index is 13.2. The summed E-state index contributed by atoms with van der Waals surface area (Å²) in [7, 11) is 0. The zero-order valence-electron chi connectivity index (χ0n) is 17.0. The van der Waals surface area contributed by atoms with Crippen molar-refractivity contribution in [3.05, 3.63) is 42.3 Å². The normalized spacial score (nSPS) is 25.2. The van der Waals surface area contributed by atoms with Crippen LogP contribution in [0.25, 0.3) is 11.0 Å². The van der Waals surface area contributed by atoms with E-state index in [-0.39, 0.29) is 6.03 Å². The van der Waals surface area contributed by atoms with Gasteiger partial charge in [0.25, 0.3) is 0 Å². The first-order valence-electron chi connectivity index (χ1n) is 10.4. The maximum atomic E-state index is 13.2. The first-order chi connectivity index (χ1) is 14.1. The Labute approximate surface area is 170 Å². The van der Waals surface area contributed by atoms with Gasteiger partial charge in [-0.25, -0.2) is 9.78 Å². The molecule has 2 unspecified atom stereocenters. The number of rotatable bonds is 3. The highest BCUT2D eigenvalue weighted by molar-refractivity contribution is 5.98. The molecule has 152 valence electrons. The van der Waals surface area contributed by atoms with Crippen molar-refractivity contribution >= 4 is 28.6 Å². The Bertz CT molecular complexity index is 984. The van der Waals surface area contributed by atoms with Crippen LogP contribution in [0.4, 0.5) is 16.4 Å². The van der Waals surface area contributed by atoms with Crippen molar-refractivity contribution in [2.24, 2.45) is 0 Å². The third-order valence-electron chi connectivity index (χ3n) is 5.88. The van der Waals surface area contributed by atoms with Crippen LogP contribution in [0.2, 0.25) is 0 Å². The molecular weight excluding hydrogens is 366 g/mol. The topological polar surface area (TPSA) is 64.9 Å². The number of nitrogens with zero attached hydrogens (tertiary/aromatic N) is 4. The average molecular weight is 393 g/mol. The predicted molar refractivity (Wildman–Crippen MR) is 114 cm³/mol. The van der Waals surface area contributed by atoms with Gasteiger partial charge in [0.05, 0.1) is 6.26 Å². The predicted octanol–water partition coefficient (Wildman–Crippen LogP) is 3.49. The van der Waals surface area contributed by atoms with Gasteiger partial charge in [0.2, 0.25) is 0 Å². The molecule has 4 heterocycles. The van der Waals surface area contributed by atoms with E-state index in [2.05, 4.69) is 30.1 Å². The molecule has 2 aromatic rings. The molecule has 0 spiro atoms. The second kappa shape index (κ2) is 7.22. The van der Waals surface area contributed by atoms with Crippen molar-refractivity contribution in [2.75, 3.05) is 36.0 Å². The number of urea groups is 1. The molecule has 0 radical (unpaired) electrons. The van der Waals surface area contributed by atoms with E-state index in [4.69, 9.17) is 9.40 Å². The minimum absolute atomic E-state index is 0.00916. The van der Waals surface area contributed by atoms with Crippen LogP contribution in [0.5, 0.6) is 0 Å². The fourth-order valence-corrected chi connectivity index (χ4v) is 4.63. The minimum Gasteiger partial charge on any atom is -0.460 e. The van der Waals surface area contributed by atoms with E-state index < -0.39 is 0 Å². The molecule has 2 amide bonds. The van der Waals surface area contributed by atoms with E-state index in [1.165, 1.54) is 0 Å². The number of furan rings is 1. The quantitative estimate of drug-likeness (QED) is 0.865. The number of fused-ring (bicyclic) bond motifs is 1. The van der Waals surface area contributed by atoms with Gasteiger partial charge < -0.3 is 14.6 Å². The summed E-state index contributed by atoms with van der Waals surface area (Å²) >= 11 is 0. The molecule has 2 saturated heterocycles. The van der Waals surface area contributed by atoms with Gasteiger partial charge in [-0.2, -0.15) is 0 Å². The SMILES string of the molecule is CC1CN(c2nc(N3CCN(C4=CC=CCC4)C3=O)cc3ccoc23)CC(C)N1. The number of hydrogen-bond acceptors (Lipinski definition) is 5. The average Bonchev–Trinajstić information content (AvgIpc) is 3.33. The van der Waals surface area contributed by atoms with Crippen LogP contribution in [0, 0.1) is 0 Å². The summed E-state index contributed by atoms with van der Waals surface area (Å²) in [4.78, 5) is 24.1. The van der Waals surface area contributed by atoms with E-state index in [1.807, 2.05) is 29.2 Å². The largest absolute Gasteiger partial charge is 0.460 e. The Kier molecular flexibility index (Phi) is 4.54. The molecule has 7 heteroatoms. The van der Waals surface area contributed by atoms with Crippen molar-refractivity contribution in [3.8, 4) is 0 Å². The Morgan fingerprint density at radius 2 is 1.97 bits per heavy atom. The van der Waals surface area contributed by atoms with Crippen molar-refractivity contribution in [3.63, 3.8) is 0 Å². The Morgan fingerprint density at radius 3 is 2.72 bits per heavy atom. The Hall–Kier alpha value is -2.80. The van der Waals surface area contributed by atoms with Crippen LogP contribution in [0.1, 0.15) is 26.7 Å². The highest BCUT2D eigenvalue weighted by atomic mass is 16.3. The van der Waals surface area contributed by atoms with Crippen LogP contribution in [0.15, 0.2) is 46.7 Å². The van der Waals surface area contributed by atoms with E-state index in [0.717, 1.165) is 48.4 Å². The second-order valence-electron chi connectivity index (χ2n) is 8.23. The van der Waals surface area contributed by atoms with Gasteiger partial charge in [0.15, 0.2) is 11.4 Å². The van der Waals surface area contributed by atoms with Gasteiger partial charge in [-0.1, -0.05) is 12.2 Å². The lowest BCUT2D eigenvalue weighted by atomic mass is 10.1. The van der Waals surface area contributed by atoms with Crippen LogP contribution in [0.3, 0.4) is 0 Å². The van der Waals surface area contributed by atoms with Gasteiger partial charge >= 0.3 is 6.03 Å². The van der Waals surface area contributed by atoms with Gasteiger partial charge in [-0.3, -0.25) is 9.80 Å². The summed E-state index contributed by atoms with van der Waals surface area (Å²) in [5.74, 6) is 1.53. The van der Waals surface area contributed by atoms with Crippen LogP contribution in [-0.2, 0) is 0 Å². The molecule has 2 aliphatic heterocycles. The third-order valence-corrected chi connectivity index (χ3v) is 5.88. The molecule has 0 aromatic carbocycles. The summed E-state index contributed by atoms with van der Waals surface area (Å²) in [6.45, 7) is 7.41. The number of carbonyl (C=O) groups is 1. The molecule has 1 aliphatic carbocycles. The maximum Gasteiger partial charge on any atom is 0.330 e. The fraction of sp³-hybridized carbons (Fsp3) is 0.455. The molecule has 2 atom stereocenters. The van der Waals surface area contributed by atoms with Gasteiger partial charge in [0.1, 0.15) is 5.82 Å². The lowest BCUT2D eigenvalue weighted by molar-refractivity contribution is 0.229. The van der Waals surface area contributed by atoms with Crippen molar-refractivity contribution in [1.29, 1.82) is 0 Å². The number of anilines is 2. The number of pyridine rings is 1. The molecular formula is C22H27N5O2. The molecule has 1 N–H and O–H groups in total. The molecule has 3 aliphatic rings. The van der Waals surface area contributed by atoms with E-state index >= 15 is 0 Å². The van der Waals surface area contributed by atoms with Crippen LogP contribution in [-0.4, -0.2) is 54.2 Å². The number of allylic oxidation sites excluding steroid dienone is 4. The van der Waals surface area contributed by atoms with E-state index in [9.17, 15) is 4.79 Å². The standard InChI is InChI=1S/C22H27N5O2/c1-15-13-25(14-16(2)23-15)21-20-17(8-11-29-20)12-19(24-21)27-10-9-26(22(27)28)18-6-4-3-5-7-18/h3-4,6,8,11-12,15-16,23H,5,7,9-10,13-14H2,1-2H3.